The molecule has 0 aromatic carbocycles. The minimum Gasteiger partial charge on any atom is -0.310 e. The Morgan fingerprint density at radius 1 is 1.47 bits per heavy atom. The molecular weight excluding hydrogens is 322 g/mol. The number of hydrogen-bond donors (Lipinski definition) is 1. The molecule has 1 unspecified atom stereocenters. The number of aryl methyl sites for hydroxylation is 1. The average Bonchev–Trinajstić information content (AvgIpc) is 2.93. The quantitative estimate of drug-likeness (QED) is 0.865. The van der Waals surface area contributed by atoms with Crippen LogP contribution in [0.5, 0.6) is 0 Å². The van der Waals surface area contributed by atoms with E-state index in [9.17, 15) is 0 Å². The minimum absolute atomic E-state index is 0.346. The molecule has 0 aliphatic rings. The highest BCUT2D eigenvalue weighted by Gasteiger charge is 2.17. The standard InChI is InChI=1S/C14H20BrN3S/c1-4-7-16-13(8-11-5-6-14(15)19-11)12-9-17-18(3)10(12)2/h5-6,9,13,16H,4,7-8H2,1-3H3. The van der Waals surface area contributed by atoms with E-state index >= 15 is 0 Å². The summed E-state index contributed by atoms with van der Waals surface area (Å²) >= 11 is 5.34. The molecule has 0 aliphatic carbocycles. The molecule has 0 spiro atoms. The fraction of sp³-hybridized carbons (Fsp3) is 0.500. The highest BCUT2D eigenvalue weighted by atomic mass is 79.9. The number of rotatable bonds is 6. The largest absolute Gasteiger partial charge is 0.310 e. The van der Waals surface area contributed by atoms with Gasteiger partial charge in [0.2, 0.25) is 0 Å². The molecule has 2 aromatic heterocycles. The Morgan fingerprint density at radius 2 is 2.26 bits per heavy atom. The molecule has 0 fully saturated rings. The van der Waals surface area contributed by atoms with Gasteiger partial charge in [0.1, 0.15) is 0 Å². The second-order valence-electron chi connectivity index (χ2n) is 4.73. The van der Waals surface area contributed by atoms with Gasteiger partial charge in [0.15, 0.2) is 0 Å². The Kier molecular flexibility index (Phi) is 5.19. The molecule has 1 N–H and O–H groups in total. The Hall–Kier alpha value is -0.650. The third-order valence-corrected chi connectivity index (χ3v) is 4.97. The fourth-order valence-electron chi connectivity index (χ4n) is 2.13. The summed E-state index contributed by atoms with van der Waals surface area (Å²) in [6, 6.07) is 4.66. The van der Waals surface area contributed by atoms with Gasteiger partial charge in [-0.2, -0.15) is 5.10 Å². The van der Waals surface area contributed by atoms with Crippen molar-refractivity contribution in [3.63, 3.8) is 0 Å². The van der Waals surface area contributed by atoms with Gasteiger partial charge >= 0.3 is 0 Å². The molecule has 1 atom stereocenters. The van der Waals surface area contributed by atoms with Gasteiger partial charge in [-0.3, -0.25) is 4.68 Å². The normalized spacial score (nSPS) is 12.8. The van der Waals surface area contributed by atoms with Gasteiger partial charge in [0, 0.05) is 35.6 Å². The molecule has 0 bridgehead atoms. The summed E-state index contributed by atoms with van der Waals surface area (Å²) in [7, 11) is 2.00. The fourth-order valence-corrected chi connectivity index (χ4v) is 3.66. The van der Waals surface area contributed by atoms with Crippen LogP contribution in [0.15, 0.2) is 22.1 Å². The van der Waals surface area contributed by atoms with Gasteiger partial charge in [-0.1, -0.05) is 6.92 Å². The topological polar surface area (TPSA) is 29.9 Å². The van der Waals surface area contributed by atoms with Gasteiger partial charge in [0.25, 0.3) is 0 Å². The van der Waals surface area contributed by atoms with E-state index in [0.29, 0.717) is 6.04 Å². The number of hydrogen-bond acceptors (Lipinski definition) is 3. The number of thiophene rings is 1. The molecular formula is C14H20BrN3S. The van der Waals surface area contributed by atoms with Crippen LogP contribution in [0.25, 0.3) is 0 Å². The van der Waals surface area contributed by atoms with Crippen LogP contribution in [0.2, 0.25) is 0 Å². The van der Waals surface area contributed by atoms with Gasteiger partial charge in [0.05, 0.1) is 9.98 Å². The molecule has 5 heteroatoms. The Labute approximate surface area is 127 Å². The summed E-state index contributed by atoms with van der Waals surface area (Å²) < 4.78 is 3.14. The molecule has 19 heavy (non-hydrogen) atoms. The van der Waals surface area contributed by atoms with Crippen LogP contribution in [0, 0.1) is 6.92 Å². The number of aromatic nitrogens is 2. The molecule has 2 heterocycles. The predicted octanol–water partition coefficient (Wildman–Crippen LogP) is 3.84. The smallest absolute Gasteiger partial charge is 0.0701 e. The number of nitrogens with zero attached hydrogens (tertiary/aromatic N) is 2. The third-order valence-electron chi connectivity index (χ3n) is 3.32. The molecule has 0 saturated carbocycles. The highest BCUT2D eigenvalue weighted by molar-refractivity contribution is 9.11. The van der Waals surface area contributed by atoms with Crippen LogP contribution in [0.1, 0.15) is 35.5 Å². The lowest BCUT2D eigenvalue weighted by atomic mass is 10.0. The van der Waals surface area contributed by atoms with E-state index in [4.69, 9.17) is 0 Å². The van der Waals surface area contributed by atoms with E-state index in [2.05, 4.69) is 52.3 Å². The molecule has 2 aromatic rings. The van der Waals surface area contributed by atoms with Crippen molar-refractivity contribution >= 4 is 27.3 Å². The van der Waals surface area contributed by atoms with Crippen LogP contribution in [-0.2, 0) is 13.5 Å². The van der Waals surface area contributed by atoms with Crippen LogP contribution in [0.4, 0.5) is 0 Å². The zero-order valence-corrected chi connectivity index (χ0v) is 14.0. The molecule has 0 radical (unpaired) electrons. The molecule has 2 rings (SSSR count). The second kappa shape index (κ2) is 6.68. The summed E-state index contributed by atoms with van der Waals surface area (Å²) in [6.07, 6.45) is 4.15. The van der Waals surface area contributed by atoms with Crippen molar-refractivity contribution in [1.82, 2.24) is 15.1 Å². The molecule has 0 aliphatic heterocycles. The highest BCUT2D eigenvalue weighted by Crippen LogP contribution is 2.28. The maximum atomic E-state index is 4.36. The first-order valence-electron chi connectivity index (χ1n) is 6.58. The van der Waals surface area contributed by atoms with Crippen LogP contribution >= 0.6 is 27.3 Å². The van der Waals surface area contributed by atoms with Crippen molar-refractivity contribution in [3.8, 4) is 0 Å². The van der Waals surface area contributed by atoms with Crippen molar-refractivity contribution in [1.29, 1.82) is 0 Å². The Balaban J connectivity index is 2.18. The van der Waals surface area contributed by atoms with E-state index in [1.54, 1.807) is 11.3 Å². The van der Waals surface area contributed by atoms with Crippen LogP contribution < -0.4 is 5.32 Å². The summed E-state index contributed by atoms with van der Waals surface area (Å²) in [5, 5.41) is 8.00. The summed E-state index contributed by atoms with van der Waals surface area (Å²) in [4.78, 5) is 1.39. The van der Waals surface area contributed by atoms with E-state index in [-0.39, 0.29) is 0 Å². The van der Waals surface area contributed by atoms with Crippen molar-refractivity contribution in [2.45, 2.75) is 32.7 Å². The summed E-state index contributed by atoms with van der Waals surface area (Å²) in [5.74, 6) is 0. The molecule has 104 valence electrons. The lowest BCUT2D eigenvalue weighted by Gasteiger charge is -2.17. The zero-order chi connectivity index (χ0) is 13.8. The lowest BCUT2D eigenvalue weighted by molar-refractivity contribution is 0.529. The molecule has 0 saturated heterocycles. The minimum atomic E-state index is 0.346. The van der Waals surface area contributed by atoms with Crippen LogP contribution in [-0.4, -0.2) is 16.3 Å². The maximum absolute atomic E-state index is 4.36. The van der Waals surface area contributed by atoms with Crippen molar-refractivity contribution in [2.75, 3.05) is 6.54 Å². The SMILES string of the molecule is CCCNC(Cc1ccc(Br)s1)c1cnn(C)c1C. The Bertz CT molecular complexity index is 533. The first-order chi connectivity index (χ1) is 9.11. The first-order valence-corrected chi connectivity index (χ1v) is 8.18. The van der Waals surface area contributed by atoms with Gasteiger partial charge in [-0.05, 0) is 48.0 Å². The third kappa shape index (κ3) is 3.68. The van der Waals surface area contributed by atoms with E-state index in [1.807, 2.05) is 17.9 Å². The van der Waals surface area contributed by atoms with Crippen molar-refractivity contribution in [3.05, 3.63) is 38.3 Å². The summed E-state index contributed by atoms with van der Waals surface area (Å²) in [5.41, 5.74) is 2.55. The second-order valence-corrected chi connectivity index (χ2v) is 7.27. The van der Waals surface area contributed by atoms with Gasteiger partial charge in [-0.15, -0.1) is 11.3 Å². The Morgan fingerprint density at radius 3 is 2.79 bits per heavy atom. The molecule has 0 amide bonds. The van der Waals surface area contributed by atoms with Crippen molar-refractivity contribution < 1.29 is 0 Å². The van der Waals surface area contributed by atoms with Gasteiger partial charge in [-0.25, -0.2) is 0 Å². The lowest BCUT2D eigenvalue weighted by Crippen LogP contribution is -2.24. The van der Waals surface area contributed by atoms with Crippen molar-refractivity contribution in [2.24, 2.45) is 7.05 Å². The number of nitrogens with one attached hydrogen (secondary N) is 1. The van der Waals surface area contributed by atoms with Crippen LogP contribution in [0.3, 0.4) is 0 Å². The molecule has 3 nitrogen and oxygen atoms in total. The van der Waals surface area contributed by atoms with E-state index in [0.717, 1.165) is 19.4 Å². The van der Waals surface area contributed by atoms with E-state index < -0.39 is 0 Å². The predicted molar refractivity (Wildman–Crippen MR) is 84.7 cm³/mol. The van der Waals surface area contributed by atoms with E-state index in [1.165, 1.54) is 19.9 Å². The monoisotopic (exact) mass is 341 g/mol. The van der Waals surface area contributed by atoms with Gasteiger partial charge < -0.3 is 5.32 Å². The number of halogens is 1. The first kappa shape index (κ1) is 14.8. The average molecular weight is 342 g/mol. The summed E-state index contributed by atoms with van der Waals surface area (Å²) in [6.45, 7) is 5.36. The zero-order valence-electron chi connectivity index (χ0n) is 11.6. The maximum Gasteiger partial charge on any atom is 0.0701 e.